The Hall–Kier alpha value is -4.36. The number of carbonyl (C=O) groups is 2. The van der Waals surface area contributed by atoms with Gasteiger partial charge in [-0.1, -0.05) is 59.6 Å². The second kappa shape index (κ2) is 11.5. The smallest absolute Gasteiger partial charge is 0.266 e. The molecule has 34 heavy (non-hydrogen) atoms. The maximum atomic E-state index is 12.5. The van der Waals surface area contributed by atoms with Gasteiger partial charge in [-0.15, -0.1) is 0 Å². The third kappa shape index (κ3) is 6.34. The Morgan fingerprint density at radius 1 is 0.647 bits per heavy atom. The Balaban J connectivity index is 1.69. The molecule has 0 aliphatic heterocycles. The van der Waals surface area contributed by atoms with Crippen molar-refractivity contribution in [2.75, 3.05) is 10.6 Å². The Morgan fingerprint density at radius 3 is 1.32 bits per heavy atom. The quantitative estimate of drug-likeness (QED) is 0.324. The van der Waals surface area contributed by atoms with E-state index in [1.807, 2.05) is 12.1 Å². The largest absolute Gasteiger partial charge is 0.321 e. The van der Waals surface area contributed by atoms with E-state index in [-0.39, 0.29) is 11.1 Å². The molecule has 0 bridgehead atoms. The number of nitrogens with zero attached hydrogens (tertiary/aromatic N) is 2. The Bertz CT molecular complexity index is 1270. The van der Waals surface area contributed by atoms with Crippen LogP contribution in [0.4, 0.5) is 11.4 Å². The van der Waals surface area contributed by atoms with E-state index in [4.69, 9.17) is 23.2 Å². The van der Waals surface area contributed by atoms with Crippen LogP contribution in [0.5, 0.6) is 0 Å². The van der Waals surface area contributed by atoms with Crippen molar-refractivity contribution in [3.63, 3.8) is 0 Å². The first-order valence-electron chi connectivity index (χ1n) is 9.86. The molecule has 3 aromatic carbocycles. The lowest BCUT2D eigenvalue weighted by atomic mass is 10.1. The molecule has 166 valence electrons. The van der Waals surface area contributed by atoms with Crippen molar-refractivity contribution in [3.8, 4) is 12.1 Å². The molecule has 0 aliphatic carbocycles. The first kappa shape index (κ1) is 24.3. The number of benzene rings is 3. The zero-order valence-corrected chi connectivity index (χ0v) is 19.1. The fourth-order valence-electron chi connectivity index (χ4n) is 2.83. The molecule has 0 radical (unpaired) electrons. The van der Waals surface area contributed by atoms with E-state index in [1.54, 1.807) is 72.8 Å². The highest BCUT2D eigenvalue weighted by molar-refractivity contribution is 6.32. The summed E-state index contributed by atoms with van der Waals surface area (Å²) in [5, 5.41) is 24.8. The Kier molecular flexibility index (Phi) is 8.21. The van der Waals surface area contributed by atoms with E-state index in [0.717, 1.165) is 0 Å². The minimum Gasteiger partial charge on any atom is -0.321 e. The standard InChI is InChI=1S/C26H16Cl2N4O2/c27-23-7-3-1-5-17(23)13-19(15-29)25(33)31-21-9-11-22(12-10-21)32-26(34)20(16-30)14-18-6-2-4-8-24(18)28/h1-14H,(H,31,33)(H,32,34)/b19-13-,20-14+. The highest BCUT2D eigenvalue weighted by atomic mass is 35.5. The van der Waals surface area contributed by atoms with Gasteiger partial charge in [0.15, 0.2) is 0 Å². The predicted molar refractivity (Wildman–Crippen MR) is 134 cm³/mol. The molecule has 8 heteroatoms. The van der Waals surface area contributed by atoms with Gasteiger partial charge in [-0.25, -0.2) is 0 Å². The SMILES string of the molecule is N#C/C(=C/c1ccccc1Cl)C(=O)Nc1ccc(NC(=O)/C(C#N)=C/c2ccccc2Cl)cc1. The monoisotopic (exact) mass is 486 g/mol. The summed E-state index contributed by atoms with van der Waals surface area (Å²) in [7, 11) is 0. The van der Waals surface area contributed by atoms with Crippen LogP contribution in [0.1, 0.15) is 11.1 Å². The number of hydrogen-bond donors (Lipinski definition) is 2. The first-order valence-corrected chi connectivity index (χ1v) is 10.6. The topological polar surface area (TPSA) is 106 Å². The summed E-state index contributed by atoms with van der Waals surface area (Å²) in [4.78, 5) is 25.0. The first-order chi connectivity index (χ1) is 16.4. The van der Waals surface area contributed by atoms with Crippen LogP contribution < -0.4 is 10.6 Å². The summed E-state index contributed by atoms with van der Waals surface area (Å²) >= 11 is 12.2. The van der Waals surface area contributed by atoms with Crippen molar-refractivity contribution in [3.05, 3.63) is 105 Å². The number of amides is 2. The normalized spacial score (nSPS) is 11.2. The molecule has 0 unspecified atom stereocenters. The fourth-order valence-corrected chi connectivity index (χ4v) is 3.21. The van der Waals surface area contributed by atoms with Gasteiger partial charge in [0, 0.05) is 21.4 Å². The summed E-state index contributed by atoms with van der Waals surface area (Å²) < 4.78 is 0. The van der Waals surface area contributed by atoms with Crippen molar-refractivity contribution < 1.29 is 9.59 Å². The molecule has 3 rings (SSSR count). The third-order valence-electron chi connectivity index (χ3n) is 4.54. The van der Waals surface area contributed by atoms with Gasteiger partial charge in [0.05, 0.1) is 0 Å². The number of carbonyl (C=O) groups excluding carboxylic acids is 2. The Morgan fingerprint density at radius 2 is 1.00 bits per heavy atom. The second-order valence-electron chi connectivity index (χ2n) is 6.87. The average molecular weight is 487 g/mol. The van der Waals surface area contributed by atoms with Crippen LogP contribution in [0.15, 0.2) is 83.9 Å². The number of hydrogen-bond acceptors (Lipinski definition) is 4. The number of anilines is 2. The van der Waals surface area contributed by atoms with Gasteiger partial charge < -0.3 is 10.6 Å². The van der Waals surface area contributed by atoms with Crippen LogP contribution in [0.25, 0.3) is 12.2 Å². The Labute approximate surface area is 206 Å². The van der Waals surface area contributed by atoms with E-state index >= 15 is 0 Å². The van der Waals surface area contributed by atoms with Crippen LogP contribution in [-0.4, -0.2) is 11.8 Å². The molecule has 2 amide bonds. The molecule has 0 aliphatic rings. The fraction of sp³-hybridized carbons (Fsp3) is 0. The maximum Gasteiger partial charge on any atom is 0.266 e. The number of nitriles is 2. The molecule has 0 atom stereocenters. The lowest BCUT2D eigenvalue weighted by Crippen LogP contribution is -2.15. The van der Waals surface area contributed by atoms with Gasteiger partial charge in [0.1, 0.15) is 23.3 Å². The average Bonchev–Trinajstić information content (AvgIpc) is 2.84. The van der Waals surface area contributed by atoms with Gasteiger partial charge in [-0.3, -0.25) is 9.59 Å². The predicted octanol–water partition coefficient (Wildman–Crippen LogP) is 6.08. The zero-order chi connectivity index (χ0) is 24.5. The van der Waals surface area contributed by atoms with E-state index < -0.39 is 11.8 Å². The molecule has 0 heterocycles. The van der Waals surface area contributed by atoms with Crippen LogP contribution in [0.2, 0.25) is 10.0 Å². The molecular weight excluding hydrogens is 471 g/mol. The number of rotatable bonds is 6. The molecule has 6 nitrogen and oxygen atoms in total. The summed E-state index contributed by atoms with van der Waals surface area (Å²) in [6.45, 7) is 0. The van der Waals surface area contributed by atoms with Crippen LogP contribution in [0.3, 0.4) is 0 Å². The highest BCUT2D eigenvalue weighted by Gasteiger charge is 2.12. The van der Waals surface area contributed by atoms with Gasteiger partial charge in [0.2, 0.25) is 0 Å². The minimum atomic E-state index is -0.603. The van der Waals surface area contributed by atoms with Crippen molar-refractivity contribution in [1.29, 1.82) is 10.5 Å². The van der Waals surface area contributed by atoms with Gasteiger partial charge in [-0.05, 0) is 59.7 Å². The van der Waals surface area contributed by atoms with Crippen molar-refractivity contribution >= 4 is 58.5 Å². The van der Waals surface area contributed by atoms with Crippen LogP contribution in [-0.2, 0) is 9.59 Å². The van der Waals surface area contributed by atoms with Crippen LogP contribution in [0, 0.1) is 22.7 Å². The molecule has 3 aromatic rings. The van der Waals surface area contributed by atoms with Gasteiger partial charge >= 0.3 is 0 Å². The van der Waals surface area contributed by atoms with Crippen molar-refractivity contribution in [2.24, 2.45) is 0 Å². The second-order valence-corrected chi connectivity index (χ2v) is 7.68. The van der Waals surface area contributed by atoms with Crippen LogP contribution >= 0.6 is 23.2 Å². The molecule has 0 spiro atoms. The molecule has 2 N–H and O–H groups in total. The molecule has 0 saturated heterocycles. The maximum absolute atomic E-state index is 12.5. The van der Waals surface area contributed by atoms with E-state index in [1.165, 1.54) is 12.2 Å². The summed E-state index contributed by atoms with van der Waals surface area (Å²) in [5.41, 5.74) is 1.69. The summed E-state index contributed by atoms with van der Waals surface area (Å²) in [6.07, 6.45) is 2.81. The molecule has 0 fully saturated rings. The summed E-state index contributed by atoms with van der Waals surface area (Å²) in [6, 6.07) is 23.7. The molecule has 0 aromatic heterocycles. The lowest BCUT2D eigenvalue weighted by Gasteiger charge is -2.08. The van der Waals surface area contributed by atoms with Gasteiger partial charge in [0.25, 0.3) is 11.8 Å². The van der Waals surface area contributed by atoms with E-state index in [9.17, 15) is 20.1 Å². The zero-order valence-electron chi connectivity index (χ0n) is 17.5. The highest BCUT2D eigenvalue weighted by Crippen LogP contribution is 2.21. The van der Waals surface area contributed by atoms with E-state index in [2.05, 4.69) is 10.6 Å². The van der Waals surface area contributed by atoms with Gasteiger partial charge in [-0.2, -0.15) is 10.5 Å². The van der Waals surface area contributed by atoms with Crippen molar-refractivity contribution in [2.45, 2.75) is 0 Å². The van der Waals surface area contributed by atoms with Crippen molar-refractivity contribution in [1.82, 2.24) is 0 Å². The third-order valence-corrected chi connectivity index (χ3v) is 5.23. The molecule has 0 saturated carbocycles. The number of nitrogens with one attached hydrogen (secondary N) is 2. The summed E-state index contributed by atoms with van der Waals surface area (Å²) in [5.74, 6) is -1.21. The minimum absolute atomic E-state index is 0.117. The number of halogens is 2. The lowest BCUT2D eigenvalue weighted by molar-refractivity contribution is -0.113. The van der Waals surface area contributed by atoms with E-state index in [0.29, 0.717) is 32.5 Å². The molecular formula is C26H16Cl2N4O2.